The molecule has 0 N–H and O–H groups in total. The number of alkyl halides is 1. The number of thiophene rings is 1. The van der Waals surface area contributed by atoms with Crippen LogP contribution in [-0.2, 0) is 0 Å². The van der Waals surface area contributed by atoms with Crippen molar-refractivity contribution in [2.45, 2.75) is 12.3 Å². The predicted molar refractivity (Wildman–Crippen MR) is 86.3 cm³/mol. The summed E-state index contributed by atoms with van der Waals surface area (Å²) in [6.07, 6.45) is 0. The molecule has 5 heteroatoms. The summed E-state index contributed by atoms with van der Waals surface area (Å²) in [6, 6.07) is 8.17. The van der Waals surface area contributed by atoms with Gasteiger partial charge in [-0.2, -0.15) is 0 Å². The molecule has 1 unspecified atom stereocenters. The molecule has 2 aromatic rings. The second kappa shape index (κ2) is 5.74. The summed E-state index contributed by atoms with van der Waals surface area (Å²) in [5, 5.41) is -0.111. The Hall–Kier alpha value is 0.650. The molecule has 0 amide bonds. The van der Waals surface area contributed by atoms with E-state index < -0.39 is 0 Å². The maximum absolute atomic E-state index is 6.54. The van der Waals surface area contributed by atoms with Crippen molar-refractivity contribution in [2.75, 3.05) is 0 Å². The molecule has 0 bridgehead atoms. The summed E-state index contributed by atoms with van der Waals surface area (Å²) < 4.78 is 3.22. The Morgan fingerprint density at radius 2 is 1.88 bits per heavy atom. The van der Waals surface area contributed by atoms with Crippen LogP contribution in [0.5, 0.6) is 0 Å². The van der Waals surface area contributed by atoms with Crippen molar-refractivity contribution in [3.63, 3.8) is 0 Å². The molecule has 2 rings (SSSR count). The number of halogens is 4. The quantitative estimate of drug-likeness (QED) is 0.440. The number of hydrogen-bond acceptors (Lipinski definition) is 1. The number of benzene rings is 1. The van der Waals surface area contributed by atoms with Gasteiger partial charge in [0, 0.05) is 13.8 Å². The SMILES string of the molecule is Cc1c(Br)cccc1C(Cl)c1cc(Br)c(Br)s1. The van der Waals surface area contributed by atoms with Crippen LogP contribution in [0.25, 0.3) is 0 Å². The molecule has 1 aromatic heterocycles. The van der Waals surface area contributed by atoms with Gasteiger partial charge in [-0.05, 0) is 62.0 Å². The summed E-state index contributed by atoms with van der Waals surface area (Å²) in [4.78, 5) is 1.13. The van der Waals surface area contributed by atoms with E-state index in [-0.39, 0.29) is 5.38 Å². The lowest BCUT2D eigenvalue weighted by Crippen LogP contribution is -1.94. The van der Waals surface area contributed by atoms with Gasteiger partial charge in [-0.15, -0.1) is 22.9 Å². The van der Waals surface area contributed by atoms with Crippen molar-refractivity contribution >= 4 is 70.7 Å². The predicted octanol–water partition coefficient (Wildman–Crippen LogP) is 6.67. The van der Waals surface area contributed by atoms with Crippen LogP contribution in [0.3, 0.4) is 0 Å². The smallest absolute Gasteiger partial charge is 0.0931 e. The fraction of sp³-hybridized carbons (Fsp3) is 0.167. The molecule has 0 saturated carbocycles. The van der Waals surface area contributed by atoms with Gasteiger partial charge in [0.1, 0.15) is 0 Å². The highest BCUT2D eigenvalue weighted by Crippen LogP contribution is 2.41. The highest BCUT2D eigenvalue weighted by molar-refractivity contribution is 9.13. The minimum Gasteiger partial charge on any atom is -0.130 e. The molecule has 0 radical (unpaired) electrons. The average Bonchev–Trinajstić information content (AvgIpc) is 2.62. The molecule has 0 nitrogen and oxygen atoms in total. The van der Waals surface area contributed by atoms with Gasteiger partial charge in [-0.3, -0.25) is 0 Å². The normalized spacial score (nSPS) is 12.8. The van der Waals surface area contributed by atoms with E-state index in [9.17, 15) is 0 Å². The summed E-state index contributed by atoms with van der Waals surface area (Å²) in [5.74, 6) is 0. The van der Waals surface area contributed by atoms with Crippen LogP contribution in [-0.4, -0.2) is 0 Å². The van der Waals surface area contributed by atoms with Crippen molar-refractivity contribution in [3.05, 3.63) is 53.0 Å². The molecule has 0 saturated heterocycles. The Balaban J connectivity index is 2.43. The lowest BCUT2D eigenvalue weighted by Gasteiger charge is -2.12. The highest BCUT2D eigenvalue weighted by atomic mass is 79.9. The monoisotopic (exact) mass is 456 g/mol. The largest absolute Gasteiger partial charge is 0.130 e. The number of rotatable bonds is 2. The lowest BCUT2D eigenvalue weighted by molar-refractivity contribution is 1.14. The van der Waals surface area contributed by atoms with E-state index in [1.807, 2.05) is 12.1 Å². The van der Waals surface area contributed by atoms with Crippen LogP contribution in [0.1, 0.15) is 21.4 Å². The first kappa shape index (κ1) is 14.1. The molecule has 17 heavy (non-hydrogen) atoms. The van der Waals surface area contributed by atoms with Crippen LogP contribution in [0.4, 0.5) is 0 Å². The van der Waals surface area contributed by atoms with Crippen molar-refractivity contribution in [1.82, 2.24) is 0 Å². The van der Waals surface area contributed by atoms with Gasteiger partial charge in [-0.25, -0.2) is 0 Å². The van der Waals surface area contributed by atoms with E-state index in [1.165, 1.54) is 5.56 Å². The Morgan fingerprint density at radius 1 is 1.18 bits per heavy atom. The van der Waals surface area contributed by atoms with Gasteiger partial charge >= 0.3 is 0 Å². The second-order valence-corrected chi connectivity index (χ2v) is 8.13. The van der Waals surface area contributed by atoms with Gasteiger partial charge in [-0.1, -0.05) is 28.1 Å². The minimum absolute atomic E-state index is 0.111. The molecular formula is C12H8Br3ClS. The lowest BCUT2D eigenvalue weighted by atomic mass is 10.0. The van der Waals surface area contributed by atoms with Crippen molar-refractivity contribution in [2.24, 2.45) is 0 Å². The zero-order valence-corrected chi connectivity index (χ0v) is 15.1. The minimum atomic E-state index is -0.111. The van der Waals surface area contributed by atoms with Gasteiger partial charge in [0.25, 0.3) is 0 Å². The molecule has 0 spiro atoms. The molecule has 1 atom stereocenters. The average molecular weight is 459 g/mol. The second-order valence-electron chi connectivity index (χ2n) is 3.59. The zero-order valence-electron chi connectivity index (χ0n) is 8.81. The molecule has 1 aromatic carbocycles. The van der Waals surface area contributed by atoms with Gasteiger partial charge in [0.2, 0.25) is 0 Å². The van der Waals surface area contributed by atoms with E-state index >= 15 is 0 Å². The third kappa shape index (κ3) is 2.98. The zero-order chi connectivity index (χ0) is 12.6. The van der Waals surface area contributed by atoms with Crippen molar-refractivity contribution < 1.29 is 0 Å². The van der Waals surface area contributed by atoms with Crippen LogP contribution in [0, 0.1) is 6.92 Å². The summed E-state index contributed by atoms with van der Waals surface area (Å²) in [6.45, 7) is 2.08. The molecule has 90 valence electrons. The molecule has 0 aliphatic heterocycles. The first-order chi connectivity index (χ1) is 8.00. The fourth-order valence-electron chi connectivity index (χ4n) is 1.54. The van der Waals surface area contributed by atoms with E-state index in [0.717, 1.165) is 23.2 Å². The maximum Gasteiger partial charge on any atom is 0.0931 e. The third-order valence-electron chi connectivity index (χ3n) is 2.50. The summed E-state index contributed by atoms with van der Waals surface area (Å²) in [7, 11) is 0. The number of hydrogen-bond donors (Lipinski definition) is 0. The Kier molecular flexibility index (Phi) is 4.75. The third-order valence-corrected chi connectivity index (χ3v) is 7.28. The Morgan fingerprint density at radius 3 is 2.47 bits per heavy atom. The van der Waals surface area contributed by atoms with Crippen molar-refractivity contribution in [1.29, 1.82) is 0 Å². The Bertz CT molecular complexity index is 531. The first-order valence-corrected chi connectivity index (χ1v) is 8.47. The molecular weight excluding hydrogens is 451 g/mol. The van der Waals surface area contributed by atoms with Gasteiger partial charge in [0.05, 0.1) is 9.16 Å². The van der Waals surface area contributed by atoms with E-state index in [4.69, 9.17) is 11.6 Å². The Labute approximate surface area is 135 Å². The van der Waals surface area contributed by atoms with Gasteiger partial charge in [0.15, 0.2) is 0 Å². The van der Waals surface area contributed by atoms with Crippen molar-refractivity contribution in [3.8, 4) is 0 Å². The first-order valence-electron chi connectivity index (χ1n) is 4.84. The molecule has 0 fully saturated rings. The summed E-state index contributed by atoms with van der Waals surface area (Å²) >= 11 is 18.7. The molecule has 0 aliphatic rings. The van der Waals surface area contributed by atoms with E-state index in [1.54, 1.807) is 11.3 Å². The highest BCUT2D eigenvalue weighted by Gasteiger charge is 2.17. The van der Waals surface area contributed by atoms with Gasteiger partial charge < -0.3 is 0 Å². The molecule has 0 aliphatic carbocycles. The summed E-state index contributed by atoms with van der Waals surface area (Å²) in [5.41, 5.74) is 2.33. The van der Waals surface area contributed by atoms with E-state index in [2.05, 4.69) is 66.8 Å². The maximum atomic E-state index is 6.54. The van der Waals surface area contributed by atoms with Crippen LogP contribution < -0.4 is 0 Å². The topological polar surface area (TPSA) is 0 Å². The van der Waals surface area contributed by atoms with E-state index in [0.29, 0.717) is 0 Å². The fourth-order valence-corrected chi connectivity index (χ4v) is 4.44. The van der Waals surface area contributed by atoms with Crippen LogP contribution in [0.2, 0.25) is 0 Å². The molecule has 1 heterocycles. The standard InChI is InChI=1S/C12H8Br3ClS/c1-6-7(3-2-4-8(6)13)11(16)10-5-9(14)12(15)17-10/h2-5,11H,1H3. The van der Waals surface area contributed by atoms with Crippen LogP contribution >= 0.6 is 70.7 Å². The van der Waals surface area contributed by atoms with Crippen LogP contribution in [0.15, 0.2) is 37.0 Å².